The van der Waals surface area contributed by atoms with Crippen molar-refractivity contribution in [1.82, 2.24) is 10.2 Å². The van der Waals surface area contributed by atoms with Crippen molar-refractivity contribution in [3.8, 4) is 11.3 Å². The predicted molar refractivity (Wildman–Crippen MR) is 77.7 cm³/mol. The molecule has 21 heavy (non-hydrogen) atoms. The summed E-state index contributed by atoms with van der Waals surface area (Å²) in [5.41, 5.74) is 2.91. The largest absolute Gasteiger partial charge is 0.377 e. The first-order valence-corrected chi connectivity index (χ1v) is 6.51. The van der Waals surface area contributed by atoms with Gasteiger partial charge in [-0.3, -0.25) is 5.10 Å². The van der Waals surface area contributed by atoms with Gasteiger partial charge in [-0.25, -0.2) is 8.78 Å². The normalized spacial score (nSPS) is 10.6. The first-order valence-electron chi connectivity index (χ1n) is 6.51. The van der Waals surface area contributed by atoms with E-state index in [9.17, 15) is 8.78 Å². The van der Waals surface area contributed by atoms with Crippen LogP contribution in [0, 0.1) is 11.6 Å². The van der Waals surface area contributed by atoms with Gasteiger partial charge < -0.3 is 5.32 Å². The van der Waals surface area contributed by atoms with Gasteiger partial charge in [0.05, 0.1) is 23.6 Å². The molecule has 0 atom stereocenters. The Labute approximate surface area is 120 Å². The van der Waals surface area contributed by atoms with Crippen molar-refractivity contribution >= 4 is 5.69 Å². The van der Waals surface area contributed by atoms with E-state index in [-0.39, 0.29) is 5.69 Å². The number of nitrogens with one attached hydrogen (secondary N) is 2. The fourth-order valence-corrected chi connectivity index (χ4v) is 2.03. The van der Waals surface area contributed by atoms with Crippen molar-refractivity contribution in [2.45, 2.75) is 6.54 Å². The van der Waals surface area contributed by atoms with Crippen molar-refractivity contribution in [3.63, 3.8) is 0 Å². The molecule has 2 aromatic carbocycles. The average molecular weight is 285 g/mol. The van der Waals surface area contributed by atoms with E-state index in [2.05, 4.69) is 15.5 Å². The van der Waals surface area contributed by atoms with Crippen LogP contribution in [0.2, 0.25) is 0 Å². The Bertz CT molecular complexity index is 738. The van der Waals surface area contributed by atoms with E-state index in [0.29, 0.717) is 6.54 Å². The zero-order chi connectivity index (χ0) is 14.7. The molecule has 0 aliphatic heterocycles. The number of anilines is 1. The SMILES string of the molecule is Fc1ccc(NCc2cc(-c3ccccc3)n[nH]2)c(F)c1. The van der Waals surface area contributed by atoms with Crippen molar-refractivity contribution in [3.05, 3.63) is 71.9 Å². The average Bonchev–Trinajstić information content (AvgIpc) is 2.96. The summed E-state index contributed by atoms with van der Waals surface area (Å²) in [7, 11) is 0. The van der Waals surface area contributed by atoms with Gasteiger partial charge in [-0.2, -0.15) is 5.10 Å². The third-order valence-corrected chi connectivity index (χ3v) is 3.10. The number of rotatable bonds is 4. The van der Waals surface area contributed by atoms with Gasteiger partial charge in [-0.1, -0.05) is 30.3 Å². The molecule has 2 N–H and O–H groups in total. The fraction of sp³-hybridized carbons (Fsp3) is 0.0625. The van der Waals surface area contributed by atoms with Crippen LogP contribution in [0.1, 0.15) is 5.69 Å². The van der Waals surface area contributed by atoms with Gasteiger partial charge >= 0.3 is 0 Å². The molecule has 0 fully saturated rings. The molecule has 5 heteroatoms. The van der Waals surface area contributed by atoms with Gasteiger partial charge in [-0.05, 0) is 18.2 Å². The maximum atomic E-state index is 13.5. The minimum Gasteiger partial charge on any atom is -0.377 e. The molecule has 1 aromatic heterocycles. The van der Waals surface area contributed by atoms with Crippen LogP contribution in [0.25, 0.3) is 11.3 Å². The van der Waals surface area contributed by atoms with Crippen LogP contribution in [0.3, 0.4) is 0 Å². The number of nitrogens with zero attached hydrogens (tertiary/aromatic N) is 1. The maximum absolute atomic E-state index is 13.5. The standard InChI is InChI=1S/C16H13F2N3/c17-12-6-7-15(14(18)8-12)19-10-13-9-16(21-20-13)11-4-2-1-3-5-11/h1-9,19H,10H2,(H,20,21). The van der Waals surface area contributed by atoms with E-state index in [1.807, 2.05) is 36.4 Å². The van der Waals surface area contributed by atoms with Crippen LogP contribution in [0.5, 0.6) is 0 Å². The molecule has 0 spiro atoms. The summed E-state index contributed by atoms with van der Waals surface area (Å²) in [5.74, 6) is -1.20. The maximum Gasteiger partial charge on any atom is 0.149 e. The third-order valence-electron chi connectivity index (χ3n) is 3.10. The summed E-state index contributed by atoms with van der Waals surface area (Å²) in [6, 6.07) is 15.1. The zero-order valence-corrected chi connectivity index (χ0v) is 11.1. The van der Waals surface area contributed by atoms with Gasteiger partial charge in [0.25, 0.3) is 0 Å². The number of H-pyrrole nitrogens is 1. The highest BCUT2D eigenvalue weighted by Gasteiger charge is 2.06. The third kappa shape index (κ3) is 3.08. The van der Waals surface area contributed by atoms with E-state index in [1.54, 1.807) is 0 Å². The molecule has 0 radical (unpaired) electrons. The van der Waals surface area contributed by atoms with Gasteiger partial charge in [0.1, 0.15) is 11.6 Å². The van der Waals surface area contributed by atoms with E-state index >= 15 is 0 Å². The summed E-state index contributed by atoms with van der Waals surface area (Å²) in [5, 5.41) is 10.0. The van der Waals surface area contributed by atoms with Crippen molar-refractivity contribution in [1.29, 1.82) is 0 Å². The Balaban J connectivity index is 1.70. The molecular formula is C16H13F2N3. The first kappa shape index (κ1) is 13.3. The van der Waals surface area contributed by atoms with Crippen LogP contribution < -0.4 is 5.32 Å². The summed E-state index contributed by atoms with van der Waals surface area (Å²) < 4.78 is 26.3. The molecule has 106 valence electrons. The van der Waals surface area contributed by atoms with Gasteiger partial charge in [0, 0.05) is 11.6 Å². The second kappa shape index (κ2) is 5.75. The second-order valence-electron chi connectivity index (χ2n) is 4.62. The highest BCUT2D eigenvalue weighted by Crippen LogP contribution is 2.19. The highest BCUT2D eigenvalue weighted by atomic mass is 19.1. The summed E-state index contributed by atoms with van der Waals surface area (Å²) >= 11 is 0. The molecule has 3 rings (SSSR count). The number of hydrogen-bond acceptors (Lipinski definition) is 2. The second-order valence-corrected chi connectivity index (χ2v) is 4.62. The Morgan fingerprint density at radius 2 is 1.81 bits per heavy atom. The molecule has 3 nitrogen and oxygen atoms in total. The number of aromatic amines is 1. The van der Waals surface area contributed by atoms with Crippen LogP contribution in [0.4, 0.5) is 14.5 Å². The smallest absolute Gasteiger partial charge is 0.149 e. The fourth-order valence-electron chi connectivity index (χ4n) is 2.03. The van der Waals surface area contributed by atoms with Gasteiger partial charge in [0.2, 0.25) is 0 Å². The molecule has 0 amide bonds. The van der Waals surface area contributed by atoms with Crippen molar-refractivity contribution in [2.24, 2.45) is 0 Å². The Morgan fingerprint density at radius 3 is 2.57 bits per heavy atom. The number of hydrogen-bond donors (Lipinski definition) is 2. The van der Waals surface area contributed by atoms with Crippen molar-refractivity contribution < 1.29 is 8.78 Å². The molecule has 1 heterocycles. The molecule has 0 bridgehead atoms. The molecule has 0 saturated heterocycles. The van der Waals surface area contributed by atoms with Crippen LogP contribution in [-0.4, -0.2) is 10.2 Å². The summed E-state index contributed by atoms with van der Waals surface area (Å²) in [6.07, 6.45) is 0. The minimum atomic E-state index is -0.613. The topological polar surface area (TPSA) is 40.7 Å². The van der Waals surface area contributed by atoms with Crippen LogP contribution in [0.15, 0.2) is 54.6 Å². The first-order chi connectivity index (χ1) is 10.2. The monoisotopic (exact) mass is 285 g/mol. The zero-order valence-electron chi connectivity index (χ0n) is 11.1. The van der Waals surface area contributed by atoms with Gasteiger partial charge in [0.15, 0.2) is 0 Å². The summed E-state index contributed by atoms with van der Waals surface area (Å²) in [4.78, 5) is 0. The quantitative estimate of drug-likeness (QED) is 0.761. The Hall–Kier alpha value is -2.69. The number of benzene rings is 2. The lowest BCUT2D eigenvalue weighted by Gasteiger charge is -2.05. The minimum absolute atomic E-state index is 0.257. The van der Waals surface area contributed by atoms with Crippen LogP contribution >= 0.6 is 0 Å². The van der Waals surface area contributed by atoms with Gasteiger partial charge in [-0.15, -0.1) is 0 Å². The van der Waals surface area contributed by atoms with Crippen LogP contribution in [-0.2, 0) is 6.54 Å². The molecule has 0 aliphatic carbocycles. The van der Waals surface area contributed by atoms with E-state index in [1.165, 1.54) is 12.1 Å². The molecular weight excluding hydrogens is 272 g/mol. The number of halogens is 2. The predicted octanol–water partition coefficient (Wildman–Crippen LogP) is 3.97. The van der Waals surface area contributed by atoms with E-state index < -0.39 is 11.6 Å². The summed E-state index contributed by atoms with van der Waals surface area (Å²) in [6.45, 7) is 0.377. The van der Waals surface area contributed by atoms with Crippen molar-refractivity contribution in [2.75, 3.05) is 5.32 Å². The van der Waals surface area contributed by atoms with E-state index in [0.717, 1.165) is 23.0 Å². The molecule has 0 unspecified atom stereocenters. The lowest BCUT2D eigenvalue weighted by atomic mass is 10.1. The van der Waals surface area contributed by atoms with E-state index in [4.69, 9.17) is 0 Å². The molecule has 0 aliphatic rings. The molecule has 0 saturated carbocycles. The Morgan fingerprint density at radius 1 is 1.00 bits per heavy atom. The lowest BCUT2D eigenvalue weighted by Crippen LogP contribution is -2.02. The highest BCUT2D eigenvalue weighted by molar-refractivity contribution is 5.59. The number of aromatic nitrogens is 2. The Kier molecular flexibility index (Phi) is 3.64. The molecule has 3 aromatic rings. The lowest BCUT2D eigenvalue weighted by molar-refractivity contribution is 0.585.